The number of hydrogen-bond acceptors (Lipinski definition) is 3. The Labute approximate surface area is 246 Å². The Morgan fingerprint density at radius 3 is 2.15 bits per heavy atom. The molecule has 4 heteroatoms. The SMILES string of the molecule is CC(C)c1nc2c(c(C3=CCCC3)c1[C@H](O)c1ccc(C(C)(C)C)cc1)C(O[Si](C)(C)C(C)(C)C)CC(C)(C)C2. The van der Waals surface area contributed by atoms with Gasteiger partial charge in [-0.1, -0.05) is 99.6 Å². The van der Waals surface area contributed by atoms with Crippen molar-refractivity contribution in [1.29, 1.82) is 0 Å². The quantitative estimate of drug-likeness (QED) is 0.357. The van der Waals surface area contributed by atoms with Gasteiger partial charge in [0, 0.05) is 22.5 Å². The van der Waals surface area contributed by atoms with Gasteiger partial charge in [-0.3, -0.25) is 4.98 Å². The number of nitrogens with zero attached hydrogens (tertiary/aromatic N) is 1. The summed E-state index contributed by atoms with van der Waals surface area (Å²) in [5, 5.41) is 12.3. The lowest BCUT2D eigenvalue weighted by atomic mass is 9.71. The van der Waals surface area contributed by atoms with E-state index in [0.29, 0.717) is 0 Å². The van der Waals surface area contributed by atoms with Crippen LogP contribution in [0.15, 0.2) is 30.3 Å². The molecule has 0 saturated carbocycles. The summed E-state index contributed by atoms with van der Waals surface area (Å²) in [6.45, 7) is 27.6. The van der Waals surface area contributed by atoms with E-state index in [1.807, 2.05) is 0 Å². The molecule has 0 amide bonds. The van der Waals surface area contributed by atoms with Crippen molar-refractivity contribution in [2.45, 2.75) is 143 Å². The van der Waals surface area contributed by atoms with Crippen molar-refractivity contribution in [2.75, 3.05) is 0 Å². The molecule has 2 atom stereocenters. The number of benzene rings is 1. The molecule has 220 valence electrons. The highest BCUT2D eigenvalue weighted by molar-refractivity contribution is 6.74. The van der Waals surface area contributed by atoms with E-state index >= 15 is 0 Å². The monoisotopic (exact) mass is 561 g/mol. The first kappa shape index (κ1) is 31.2. The van der Waals surface area contributed by atoms with Crippen molar-refractivity contribution in [3.8, 4) is 0 Å². The van der Waals surface area contributed by atoms with Crippen molar-refractivity contribution in [3.05, 3.63) is 69.5 Å². The van der Waals surface area contributed by atoms with Crippen LogP contribution in [0.5, 0.6) is 0 Å². The average molecular weight is 562 g/mol. The second-order valence-corrected chi connectivity index (χ2v) is 20.9. The van der Waals surface area contributed by atoms with Crippen LogP contribution < -0.4 is 0 Å². The van der Waals surface area contributed by atoms with Gasteiger partial charge in [0.05, 0.1) is 6.10 Å². The van der Waals surface area contributed by atoms with Gasteiger partial charge in [0.25, 0.3) is 0 Å². The molecule has 0 radical (unpaired) electrons. The van der Waals surface area contributed by atoms with Crippen LogP contribution in [0.3, 0.4) is 0 Å². The van der Waals surface area contributed by atoms with E-state index in [2.05, 4.69) is 113 Å². The van der Waals surface area contributed by atoms with E-state index in [9.17, 15) is 5.11 Å². The summed E-state index contributed by atoms with van der Waals surface area (Å²) in [4.78, 5) is 5.43. The largest absolute Gasteiger partial charge is 0.410 e. The zero-order chi connectivity index (χ0) is 29.8. The number of aromatic nitrogens is 1. The minimum Gasteiger partial charge on any atom is -0.410 e. The summed E-state index contributed by atoms with van der Waals surface area (Å²) in [6.07, 6.45) is 6.90. The van der Waals surface area contributed by atoms with Crippen molar-refractivity contribution >= 4 is 13.9 Å². The molecule has 0 bridgehead atoms. The first-order chi connectivity index (χ1) is 18.3. The number of aliphatic hydroxyl groups is 1. The summed E-state index contributed by atoms with van der Waals surface area (Å²) in [6, 6.07) is 8.60. The average Bonchev–Trinajstić information content (AvgIpc) is 3.35. The highest BCUT2D eigenvalue weighted by Gasteiger charge is 2.45. The number of pyridine rings is 1. The number of aliphatic hydroxyl groups excluding tert-OH is 1. The fourth-order valence-electron chi connectivity index (χ4n) is 6.22. The zero-order valence-electron chi connectivity index (χ0n) is 27.5. The summed E-state index contributed by atoms with van der Waals surface area (Å²) >= 11 is 0. The maximum atomic E-state index is 12.2. The highest BCUT2D eigenvalue weighted by atomic mass is 28.4. The van der Waals surface area contributed by atoms with E-state index in [4.69, 9.17) is 9.41 Å². The summed E-state index contributed by atoms with van der Waals surface area (Å²) in [5.74, 6) is 0.203. The van der Waals surface area contributed by atoms with Gasteiger partial charge in [-0.25, -0.2) is 0 Å². The molecule has 0 fully saturated rings. The lowest BCUT2D eigenvalue weighted by molar-refractivity contribution is 0.105. The van der Waals surface area contributed by atoms with Crippen molar-refractivity contribution < 1.29 is 9.53 Å². The number of fused-ring (bicyclic) bond motifs is 1. The van der Waals surface area contributed by atoms with E-state index < -0.39 is 14.4 Å². The van der Waals surface area contributed by atoms with Gasteiger partial charge < -0.3 is 9.53 Å². The van der Waals surface area contributed by atoms with Gasteiger partial charge in [0.15, 0.2) is 8.32 Å². The van der Waals surface area contributed by atoms with E-state index in [1.54, 1.807) is 0 Å². The minimum absolute atomic E-state index is 0.0147. The fourth-order valence-corrected chi connectivity index (χ4v) is 7.49. The van der Waals surface area contributed by atoms with E-state index in [0.717, 1.165) is 42.5 Å². The van der Waals surface area contributed by atoms with Crippen molar-refractivity contribution in [1.82, 2.24) is 4.98 Å². The third kappa shape index (κ3) is 6.20. The van der Waals surface area contributed by atoms with Gasteiger partial charge in [-0.2, -0.15) is 0 Å². The molecule has 0 saturated heterocycles. The lowest BCUT2D eigenvalue weighted by Gasteiger charge is -2.45. The molecule has 1 aromatic carbocycles. The van der Waals surface area contributed by atoms with Crippen LogP contribution in [0.1, 0.15) is 152 Å². The van der Waals surface area contributed by atoms with Crippen molar-refractivity contribution in [3.63, 3.8) is 0 Å². The fraction of sp³-hybridized carbons (Fsp3) is 0.639. The number of rotatable bonds is 6. The van der Waals surface area contributed by atoms with Crippen LogP contribution in [0.25, 0.3) is 5.57 Å². The standard InChI is InChI=1S/C36H55NO2Si/c1-23(2)32-31(33(38)25-17-19-26(20-18-25)34(3,4)5)29(24-15-13-14-16-24)30-27(37-32)21-36(9,10)22-28(30)39-40(11,12)35(6,7)8/h15,17-20,23,28,33,38H,13-14,16,21-22H2,1-12H3/t28?,33-/m1/s1. The second-order valence-electron chi connectivity index (χ2n) is 16.1. The Hall–Kier alpha value is -1.75. The maximum Gasteiger partial charge on any atom is 0.192 e. The molecule has 0 aliphatic heterocycles. The van der Waals surface area contributed by atoms with E-state index in [1.165, 1.54) is 34.4 Å². The van der Waals surface area contributed by atoms with Gasteiger partial charge in [-0.15, -0.1) is 0 Å². The molecule has 3 nitrogen and oxygen atoms in total. The van der Waals surface area contributed by atoms with Crippen molar-refractivity contribution in [2.24, 2.45) is 5.41 Å². The van der Waals surface area contributed by atoms with Crippen LogP contribution in [-0.4, -0.2) is 18.4 Å². The topological polar surface area (TPSA) is 42.4 Å². The third-order valence-corrected chi connectivity index (χ3v) is 14.1. The number of hydrogen-bond donors (Lipinski definition) is 1. The molecule has 2 aliphatic carbocycles. The Morgan fingerprint density at radius 2 is 1.65 bits per heavy atom. The van der Waals surface area contributed by atoms with Gasteiger partial charge in [-0.05, 0) is 89.2 Å². The van der Waals surface area contributed by atoms with Crippen LogP contribution in [-0.2, 0) is 16.3 Å². The molecular weight excluding hydrogens is 506 g/mol. The minimum atomic E-state index is -2.06. The molecule has 2 aromatic rings. The molecular formula is C36H55NO2Si. The first-order valence-corrected chi connectivity index (χ1v) is 18.5. The normalized spacial score (nSPS) is 20.4. The van der Waals surface area contributed by atoms with Gasteiger partial charge >= 0.3 is 0 Å². The lowest BCUT2D eigenvalue weighted by Crippen LogP contribution is -2.44. The first-order valence-electron chi connectivity index (χ1n) is 15.5. The van der Waals surface area contributed by atoms with E-state index in [-0.39, 0.29) is 27.9 Å². The third-order valence-electron chi connectivity index (χ3n) is 9.60. The van der Waals surface area contributed by atoms with Crippen LogP contribution >= 0.6 is 0 Å². The maximum absolute atomic E-state index is 12.2. The summed E-state index contributed by atoms with van der Waals surface area (Å²) < 4.78 is 7.29. The summed E-state index contributed by atoms with van der Waals surface area (Å²) in [7, 11) is -2.06. The molecule has 40 heavy (non-hydrogen) atoms. The predicted molar refractivity (Wildman–Crippen MR) is 172 cm³/mol. The van der Waals surface area contributed by atoms with Gasteiger partial charge in [0.1, 0.15) is 6.10 Å². The second kappa shape index (κ2) is 10.8. The molecule has 1 N–H and O–H groups in total. The smallest absolute Gasteiger partial charge is 0.192 e. The highest BCUT2D eigenvalue weighted by Crippen LogP contribution is 2.52. The molecule has 1 aromatic heterocycles. The Balaban J connectivity index is 1.99. The van der Waals surface area contributed by atoms with Crippen LogP contribution in [0.2, 0.25) is 18.1 Å². The Kier molecular flexibility index (Phi) is 8.44. The molecule has 1 unspecified atom stereocenters. The Morgan fingerprint density at radius 1 is 1.02 bits per heavy atom. The van der Waals surface area contributed by atoms with Crippen LogP contribution in [0.4, 0.5) is 0 Å². The molecule has 0 spiro atoms. The molecule has 2 aliphatic rings. The predicted octanol–water partition coefficient (Wildman–Crippen LogP) is 10.2. The van der Waals surface area contributed by atoms with Crippen LogP contribution in [0, 0.1) is 5.41 Å². The van der Waals surface area contributed by atoms with Gasteiger partial charge in [0.2, 0.25) is 0 Å². The zero-order valence-corrected chi connectivity index (χ0v) is 28.5. The molecule has 1 heterocycles. The Bertz CT molecular complexity index is 1260. The summed E-state index contributed by atoms with van der Waals surface area (Å²) in [5.41, 5.74) is 9.52. The number of allylic oxidation sites excluding steroid dienone is 2. The molecule has 4 rings (SSSR count).